The highest BCUT2D eigenvalue weighted by Crippen LogP contribution is 2.30. The summed E-state index contributed by atoms with van der Waals surface area (Å²) in [4.78, 5) is 4.93. The number of benzene rings is 2. The second kappa shape index (κ2) is 7.72. The Morgan fingerprint density at radius 2 is 1.79 bits per heavy atom. The molecule has 4 aromatic rings. The number of ether oxygens (including phenoxy) is 1. The second-order valence-electron chi connectivity index (χ2n) is 6.80. The summed E-state index contributed by atoms with van der Waals surface area (Å²) in [6.45, 7) is 4.20. The highest BCUT2D eigenvalue weighted by atomic mass is 16.5. The summed E-state index contributed by atoms with van der Waals surface area (Å²) < 4.78 is 7.16. The van der Waals surface area contributed by atoms with Gasteiger partial charge in [0.25, 0.3) is 0 Å². The third-order valence-electron chi connectivity index (χ3n) is 4.75. The van der Waals surface area contributed by atoms with Crippen LogP contribution in [-0.4, -0.2) is 21.7 Å². The summed E-state index contributed by atoms with van der Waals surface area (Å²) in [5, 5.41) is 8.28. The van der Waals surface area contributed by atoms with Gasteiger partial charge in [0.1, 0.15) is 11.6 Å². The van der Waals surface area contributed by atoms with E-state index in [1.54, 1.807) is 7.11 Å². The lowest BCUT2D eigenvalue weighted by molar-refractivity contribution is 0.415. The minimum absolute atomic E-state index is 0.832. The van der Waals surface area contributed by atoms with E-state index >= 15 is 0 Å². The smallest absolute Gasteiger partial charge is 0.165 e. The largest absolute Gasteiger partial charge is 0.497 e. The Hall–Kier alpha value is -3.34. The molecular weight excluding hydrogens is 348 g/mol. The van der Waals surface area contributed by atoms with Gasteiger partial charge in [0, 0.05) is 23.0 Å². The summed E-state index contributed by atoms with van der Waals surface area (Å²) in [7, 11) is 1.67. The first-order valence-corrected chi connectivity index (χ1v) is 9.55. The molecule has 2 aromatic heterocycles. The number of rotatable bonds is 6. The van der Waals surface area contributed by atoms with Crippen LogP contribution in [0.5, 0.6) is 5.75 Å². The standard InChI is InChI=1S/C23H24N4O/c1-4-8-19-15-21(24-18-11-13-20(28-3)14-12-18)27-23(25-19)22(16(2)26-27)17-9-6-5-7-10-17/h5-7,9-15,24H,4,8H2,1-3H3. The van der Waals surface area contributed by atoms with Crippen LogP contribution in [-0.2, 0) is 6.42 Å². The van der Waals surface area contributed by atoms with Gasteiger partial charge in [-0.2, -0.15) is 9.61 Å². The van der Waals surface area contributed by atoms with E-state index in [-0.39, 0.29) is 0 Å². The van der Waals surface area contributed by atoms with E-state index in [2.05, 4.69) is 30.4 Å². The fraction of sp³-hybridized carbons (Fsp3) is 0.217. The molecule has 0 atom stereocenters. The highest BCUT2D eigenvalue weighted by molar-refractivity contribution is 5.81. The van der Waals surface area contributed by atoms with Gasteiger partial charge < -0.3 is 10.1 Å². The number of aromatic nitrogens is 3. The fourth-order valence-electron chi connectivity index (χ4n) is 3.41. The molecule has 4 rings (SSSR count). The molecule has 0 saturated heterocycles. The predicted octanol–water partition coefficient (Wildman–Crippen LogP) is 5.41. The molecule has 0 fully saturated rings. The number of aryl methyl sites for hydroxylation is 2. The van der Waals surface area contributed by atoms with Gasteiger partial charge in [0.2, 0.25) is 0 Å². The maximum atomic E-state index is 5.25. The normalized spacial score (nSPS) is 11.0. The molecule has 28 heavy (non-hydrogen) atoms. The summed E-state index contributed by atoms with van der Waals surface area (Å²) >= 11 is 0. The molecule has 0 unspecified atom stereocenters. The van der Waals surface area contributed by atoms with Crippen LogP contribution in [0.2, 0.25) is 0 Å². The first-order valence-electron chi connectivity index (χ1n) is 9.55. The van der Waals surface area contributed by atoms with Crippen molar-refractivity contribution >= 4 is 17.2 Å². The lowest BCUT2D eigenvalue weighted by atomic mass is 10.1. The van der Waals surface area contributed by atoms with Crippen LogP contribution in [0.25, 0.3) is 16.8 Å². The Morgan fingerprint density at radius 3 is 2.46 bits per heavy atom. The van der Waals surface area contributed by atoms with Crippen LogP contribution in [0, 0.1) is 6.92 Å². The third-order valence-corrected chi connectivity index (χ3v) is 4.75. The molecule has 0 radical (unpaired) electrons. The first kappa shape index (κ1) is 18.0. The maximum absolute atomic E-state index is 5.25. The molecule has 0 aliphatic heterocycles. The van der Waals surface area contributed by atoms with Crippen LogP contribution in [0.4, 0.5) is 11.5 Å². The van der Waals surface area contributed by atoms with Crippen LogP contribution in [0.3, 0.4) is 0 Å². The van der Waals surface area contributed by atoms with Crippen molar-refractivity contribution in [1.29, 1.82) is 0 Å². The van der Waals surface area contributed by atoms with Crippen LogP contribution >= 0.6 is 0 Å². The molecule has 0 aliphatic carbocycles. The Balaban J connectivity index is 1.85. The molecule has 0 amide bonds. The number of anilines is 2. The van der Waals surface area contributed by atoms with Crippen molar-refractivity contribution in [3.8, 4) is 16.9 Å². The van der Waals surface area contributed by atoms with Crippen molar-refractivity contribution < 1.29 is 4.74 Å². The van der Waals surface area contributed by atoms with Crippen molar-refractivity contribution in [3.05, 3.63) is 72.1 Å². The third kappa shape index (κ3) is 3.43. The summed E-state index contributed by atoms with van der Waals surface area (Å²) in [6.07, 6.45) is 1.96. The zero-order chi connectivity index (χ0) is 19.5. The van der Waals surface area contributed by atoms with Crippen molar-refractivity contribution in [2.45, 2.75) is 26.7 Å². The molecule has 0 bridgehead atoms. The van der Waals surface area contributed by atoms with E-state index in [1.165, 1.54) is 0 Å². The average Bonchev–Trinajstić information content (AvgIpc) is 3.05. The van der Waals surface area contributed by atoms with Crippen molar-refractivity contribution in [1.82, 2.24) is 14.6 Å². The number of nitrogens with zero attached hydrogens (tertiary/aromatic N) is 3. The van der Waals surface area contributed by atoms with Crippen LogP contribution in [0.1, 0.15) is 24.7 Å². The fourth-order valence-corrected chi connectivity index (χ4v) is 3.41. The van der Waals surface area contributed by atoms with E-state index in [0.717, 1.165) is 58.3 Å². The second-order valence-corrected chi connectivity index (χ2v) is 6.80. The average molecular weight is 372 g/mol. The zero-order valence-electron chi connectivity index (χ0n) is 16.4. The van der Waals surface area contributed by atoms with E-state index < -0.39 is 0 Å². The molecule has 2 heterocycles. The van der Waals surface area contributed by atoms with E-state index in [4.69, 9.17) is 14.8 Å². The highest BCUT2D eigenvalue weighted by Gasteiger charge is 2.16. The Bertz CT molecular complexity index is 1090. The Morgan fingerprint density at radius 1 is 1.04 bits per heavy atom. The molecule has 2 aromatic carbocycles. The van der Waals surface area contributed by atoms with Crippen molar-refractivity contribution in [2.75, 3.05) is 12.4 Å². The number of hydrogen-bond donors (Lipinski definition) is 1. The summed E-state index contributed by atoms with van der Waals surface area (Å²) in [5.41, 5.74) is 6.09. The predicted molar refractivity (Wildman–Crippen MR) is 113 cm³/mol. The molecule has 0 spiro atoms. The minimum Gasteiger partial charge on any atom is -0.497 e. The lowest BCUT2D eigenvalue weighted by Crippen LogP contribution is -2.04. The monoisotopic (exact) mass is 372 g/mol. The number of methoxy groups -OCH3 is 1. The Kier molecular flexibility index (Phi) is 4.98. The quantitative estimate of drug-likeness (QED) is 0.492. The number of fused-ring (bicyclic) bond motifs is 1. The van der Waals surface area contributed by atoms with E-state index in [0.29, 0.717) is 0 Å². The molecule has 0 aliphatic rings. The molecule has 1 N–H and O–H groups in total. The van der Waals surface area contributed by atoms with Gasteiger partial charge in [-0.25, -0.2) is 4.98 Å². The van der Waals surface area contributed by atoms with Gasteiger partial charge in [-0.15, -0.1) is 0 Å². The van der Waals surface area contributed by atoms with Gasteiger partial charge in [-0.05, 0) is 43.2 Å². The molecule has 5 heteroatoms. The lowest BCUT2D eigenvalue weighted by Gasteiger charge is -2.11. The molecule has 0 saturated carbocycles. The van der Waals surface area contributed by atoms with Gasteiger partial charge in [-0.3, -0.25) is 0 Å². The number of hydrogen-bond acceptors (Lipinski definition) is 4. The molecule has 142 valence electrons. The van der Waals surface area contributed by atoms with Crippen molar-refractivity contribution in [2.24, 2.45) is 0 Å². The van der Waals surface area contributed by atoms with Gasteiger partial charge in [0.05, 0.1) is 12.8 Å². The number of nitrogens with one attached hydrogen (secondary N) is 1. The molecular formula is C23H24N4O. The first-order chi connectivity index (χ1) is 13.7. The van der Waals surface area contributed by atoms with E-state index in [1.807, 2.05) is 53.9 Å². The maximum Gasteiger partial charge on any atom is 0.165 e. The van der Waals surface area contributed by atoms with Gasteiger partial charge in [-0.1, -0.05) is 43.7 Å². The Labute approximate surface area is 165 Å². The topological polar surface area (TPSA) is 51.5 Å². The zero-order valence-corrected chi connectivity index (χ0v) is 16.4. The summed E-state index contributed by atoms with van der Waals surface area (Å²) in [6, 6.07) is 20.3. The van der Waals surface area contributed by atoms with Gasteiger partial charge >= 0.3 is 0 Å². The van der Waals surface area contributed by atoms with Crippen LogP contribution < -0.4 is 10.1 Å². The molecule has 5 nitrogen and oxygen atoms in total. The van der Waals surface area contributed by atoms with Crippen LogP contribution in [0.15, 0.2) is 60.7 Å². The van der Waals surface area contributed by atoms with Gasteiger partial charge in [0.15, 0.2) is 5.65 Å². The van der Waals surface area contributed by atoms with Crippen molar-refractivity contribution in [3.63, 3.8) is 0 Å². The SMILES string of the molecule is CCCc1cc(Nc2ccc(OC)cc2)n2nc(C)c(-c3ccccc3)c2n1. The summed E-state index contributed by atoms with van der Waals surface area (Å²) in [5.74, 6) is 1.74. The van der Waals surface area contributed by atoms with E-state index in [9.17, 15) is 0 Å². The minimum atomic E-state index is 0.832.